The third kappa shape index (κ3) is 2.32. The molecule has 0 saturated carbocycles. The van der Waals surface area contributed by atoms with Crippen molar-refractivity contribution < 1.29 is 14.7 Å². The molecule has 1 aliphatic carbocycles. The van der Waals surface area contributed by atoms with Gasteiger partial charge in [0.1, 0.15) is 6.04 Å². The molecule has 5 nitrogen and oxygen atoms in total. The van der Waals surface area contributed by atoms with E-state index < -0.39 is 12.0 Å². The number of hydrogen-bond acceptors (Lipinski definition) is 3. The first-order valence-electron chi connectivity index (χ1n) is 5.21. The molecule has 2 N–H and O–H groups in total. The van der Waals surface area contributed by atoms with E-state index in [1.54, 1.807) is 0 Å². The zero-order valence-electron chi connectivity index (χ0n) is 8.76. The van der Waals surface area contributed by atoms with Gasteiger partial charge in [0.15, 0.2) is 0 Å². The molecule has 0 aromatic carbocycles. The van der Waals surface area contributed by atoms with Gasteiger partial charge >= 0.3 is 12.0 Å². The standard InChI is InChI=1S/C10H14N2O3S/c13-9(14)8-5-16-6-12(8)10(15)11-7-3-1-2-4-7/h1-2,7-8H,3-6H2,(H,11,15)(H,13,14). The molecule has 0 aromatic heterocycles. The largest absolute Gasteiger partial charge is 0.480 e. The summed E-state index contributed by atoms with van der Waals surface area (Å²) in [7, 11) is 0. The molecule has 6 heteroatoms. The van der Waals surface area contributed by atoms with Gasteiger partial charge in [-0.1, -0.05) is 12.2 Å². The Hall–Kier alpha value is -1.17. The van der Waals surface area contributed by atoms with Crippen molar-refractivity contribution >= 4 is 23.8 Å². The van der Waals surface area contributed by atoms with Crippen LogP contribution in [0, 0.1) is 0 Å². The first-order valence-corrected chi connectivity index (χ1v) is 6.36. The molecule has 1 saturated heterocycles. The second-order valence-electron chi connectivity index (χ2n) is 3.91. The second-order valence-corrected chi connectivity index (χ2v) is 4.91. The molecule has 1 atom stereocenters. The molecule has 88 valence electrons. The number of carboxylic acid groups (broad SMARTS) is 1. The first kappa shape index (κ1) is 11.3. The molecule has 0 radical (unpaired) electrons. The lowest BCUT2D eigenvalue weighted by Gasteiger charge is -2.23. The van der Waals surface area contributed by atoms with Crippen LogP contribution in [0.4, 0.5) is 4.79 Å². The first-order chi connectivity index (χ1) is 7.68. The van der Waals surface area contributed by atoms with Crippen molar-refractivity contribution in [2.45, 2.75) is 24.9 Å². The Bertz CT molecular complexity index is 324. The second kappa shape index (κ2) is 4.78. The maximum atomic E-state index is 11.8. The Kier molecular flexibility index (Phi) is 3.38. The molecule has 1 heterocycles. The molecular formula is C10H14N2O3S. The number of aliphatic carboxylic acids is 1. The number of nitrogens with one attached hydrogen (secondary N) is 1. The minimum atomic E-state index is -0.926. The summed E-state index contributed by atoms with van der Waals surface area (Å²) in [6.45, 7) is 0. The van der Waals surface area contributed by atoms with Gasteiger partial charge in [0.05, 0.1) is 5.88 Å². The Morgan fingerprint density at radius 1 is 1.38 bits per heavy atom. The highest BCUT2D eigenvalue weighted by Crippen LogP contribution is 2.21. The number of carbonyl (C=O) groups is 2. The highest BCUT2D eigenvalue weighted by Gasteiger charge is 2.35. The molecular weight excluding hydrogens is 228 g/mol. The van der Waals surface area contributed by atoms with Gasteiger partial charge in [-0.2, -0.15) is 0 Å². The maximum absolute atomic E-state index is 11.8. The summed E-state index contributed by atoms with van der Waals surface area (Å²) in [6, 6.07) is -0.807. The summed E-state index contributed by atoms with van der Waals surface area (Å²) >= 11 is 1.47. The maximum Gasteiger partial charge on any atom is 0.327 e. The van der Waals surface area contributed by atoms with Crippen LogP contribution in [0.25, 0.3) is 0 Å². The van der Waals surface area contributed by atoms with Crippen LogP contribution in [0.5, 0.6) is 0 Å². The Labute approximate surface area is 97.9 Å². The molecule has 1 aliphatic heterocycles. The number of urea groups is 1. The zero-order valence-corrected chi connectivity index (χ0v) is 9.57. The summed E-state index contributed by atoms with van der Waals surface area (Å²) < 4.78 is 0. The fourth-order valence-electron chi connectivity index (χ4n) is 1.84. The van der Waals surface area contributed by atoms with Crippen molar-refractivity contribution in [2.24, 2.45) is 0 Å². The summed E-state index contributed by atoms with van der Waals surface area (Å²) in [5.74, 6) is 0.0129. The minimum Gasteiger partial charge on any atom is -0.480 e. The van der Waals surface area contributed by atoms with Gasteiger partial charge in [-0.25, -0.2) is 9.59 Å². The van der Waals surface area contributed by atoms with Gasteiger partial charge in [0.25, 0.3) is 0 Å². The molecule has 0 aromatic rings. The van der Waals surface area contributed by atoms with E-state index in [1.165, 1.54) is 16.7 Å². The molecule has 2 aliphatic rings. The van der Waals surface area contributed by atoms with E-state index in [-0.39, 0.29) is 12.1 Å². The lowest BCUT2D eigenvalue weighted by Crippen LogP contribution is -2.49. The lowest BCUT2D eigenvalue weighted by atomic mass is 10.2. The monoisotopic (exact) mass is 242 g/mol. The van der Waals surface area contributed by atoms with Crippen molar-refractivity contribution in [1.29, 1.82) is 0 Å². The van der Waals surface area contributed by atoms with E-state index in [4.69, 9.17) is 5.11 Å². The average Bonchev–Trinajstić information content (AvgIpc) is 2.86. The summed E-state index contributed by atoms with van der Waals surface area (Å²) in [5, 5.41) is 11.8. The minimum absolute atomic E-state index is 0.132. The Morgan fingerprint density at radius 3 is 2.69 bits per heavy atom. The smallest absolute Gasteiger partial charge is 0.327 e. The molecule has 2 amide bonds. The third-order valence-corrected chi connectivity index (χ3v) is 3.78. The van der Waals surface area contributed by atoms with Crippen molar-refractivity contribution in [2.75, 3.05) is 11.6 Å². The summed E-state index contributed by atoms with van der Waals surface area (Å²) in [5.41, 5.74) is 0. The highest BCUT2D eigenvalue weighted by atomic mass is 32.2. The van der Waals surface area contributed by atoms with Crippen molar-refractivity contribution in [3.8, 4) is 0 Å². The molecule has 0 bridgehead atoms. The van der Waals surface area contributed by atoms with Crippen LogP contribution in [0.3, 0.4) is 0 Å². The highest BCUT2D eigenvalue weighted by molar-refractivity contribution is 7.99. The van der Waals surface area contributed by atoms with E-state index in [2.05, 4.69) is 5.32 Å². The van der Waals surface area contributed by atoms with Gasteiger partial charge in [0.2, 0.25) is 0 Å². The molecule has 0 spiro atoms. The average molecular weight is 242 g/mol. The van der Waals surface area contributed by atoms with Crippen LogP contribution in [0.2, 0.25) is 0 Å². The van der Waals surface area contributed by atoms with Crippen molar-refractivity contribution in [1.82, 2.24) is 10.2 Å². The summed E-state index contributed by atoms with van der Waals surface area (Å²) in [4.78, 5) is 24.1. The lowest BCUT2D eigenvalue weighted by molar-refractivity contribution is -0.140. The summed E-state index contributed by atoms with van der Waals surface area (Å²) in [6.07, 6.45) is 5.73. The topological polar surface area (TPSA) is 69.6 Å². The van der Waals surface area contributed by atoms with Crippen LogP contribution in [-0.2, 0) is 4.79 Å². The Balaban J connectivity index is 1.90. The number of rotatable bonds is 2. The van der Waals surface area contributed by atoms with Crippen LogP contribution in [0.1, 0.15) is 12.8 Å². The zero-order chi connectivity index (χ0) is 11.5. The van der Waals surface area contributed by atoms with Crippen molar-refractivity contribution in [3.05, 3.63) is 12.2 Å². The fraction of sp³-hybridized carbons (Fsp3) is 0.600. The predicted molar refractivity (Wildman–Crippen MR) is 61.3 cm³/mol. The number of carboxylic acids is 1. The molecule has 1 unspecified atom stereocenters. The van der Waals surface area contributed by atoms with Crippen LogP contribution >= 0.6 is 11.8 Å². The van der Waals surface area contributed by atoms with E-state index >= 15 is 0 Å². The third-order valence-electron chi connectivity index (χ3n) is 2.76. The predicted octanol–water partition coefficient (Wildman–Crippen LogP) is 0.874. The number of hydrogen-bond donors (Lipinski definition) is 2. The number of nitrogens with zero attached hydrogens (tertiary/aromatic N) is 1. The van der Waals surface area contributed by atoms with Gasteiger partial charge in [-0.05, 0) is 12.8 Å². The van der Waals surface area contributed by atoms with Gasteiger partial charge < -0.3 is 15.3 Å². The molecule has 1 fully saturated rings. The van der Waals surface area contributed by atoms with E-state index in [0.717, 1.165) is 12.8 Å². The van der Waals surface area contributed by atoms with Crippen LogP contribution < -0.4 is 5.32 Å². The van der Waals surface area contributed by atoms with Crippen LogP contribution in [-0.4, -0.2) is 45.7 Å². The quantitative estimate of drug-likeness (QED) is 0.705. The van der Waals surface area contributed by atoms with Gasteiger partial charge in [-0.15, -0.1) is 11.8 Å². The Morgan fingerprint density at radius 2 is 2.06 bits per heavy atom. The molecule has 16 heavy (non-hydrogen) atoms. The number of thioether (sulfide) groups is 1. The van der Waals surface area contributed by atoms with E-state index in [1.807, 2.05) is 12.2 Å². The fourth-order valence-corrected chi connectivity index (χ4v) is 2.99. The number of amides is 2. The van der Waals surface area contributed by atoms with E-state index in [9.17, 15) is 9.59 Å². The van der Waals surface area contributed by atoms with Crippen LogP contribution in [0.15, 0.2) is 12.2 Å². The van der Waals surface area contributed by atoms with Crippen molar-refractivity contribution in [3.63, 3.8) is 0 Å². The van der Waals surface area contributed by atoms with Gasteiger partial charge in [-0.3, -0.25) is 0 Å². The van der Waals surface area contributed by atoms with E-state index in [0.29, 0.717) is 11.6 Å². The van der Waals surface area contributed by atoms with Gasteiger partial charge in [0, 0.05) is 11.8 Å². The number of carbonyl (C=O) groups excluding carboxylic acids is 1. The SMILES string of the molecule is O=C(O)C1CSCN1C(=O)NC1CC=CC1. The normalized spacial score (nSPS) is 25.0. The molecule has 2 rings (SSSR count).